The zero-order chi connectivity index (χ0) is 14.8. The van der Waals surface area contributed by atoms with E-state index < -0.39 is 16.1 Å². The highest BCUT2D eigenvalue weighted by atomic mass is 32.2. The molecule has 1 heterocycles. The van der Waals surface area contributed by atoms with E-state index in [1.165, 1.54) is 7.05 Å². The van der Waals surface area contributed by atoms with Crippen molar-refractivity contribution >= 4 is 15.9 Å². The minimum atomic E-state index is -3.44. The van der Waals surface area contributed by atoms with Gasteiger partial charge in [0.2, 0.25) is 15.9 Å². The number of likely N-dealkylation sites (tertiary alicyclic amines) is 1. The Morgan fingerprint density at radius 2 is 1.75 bits per heavy atom. The number of sulfonamides is 1. The van der Waals surface area contributed by atoms with Crippen molar-refractivity contribution in [1.82, 2.24) is 9.21 Å². The van der Waals surface area contributed by atoms with Gasteiger partial charge < -0.3 is 4.90 Å². The Labute approximate surface area is 120 Å². The second kappa shape index (κ2) is 5.93. The molecule has 0 N–H and O–H groups in total. The quantitative estimate of drug-likeness (QED) is 0.840. The largest absolute Gasteiger partial charge is 0.341 e. The molecule has 1 aliphatic heterocycles. The van der Waals surface area contributed by atoms with Crippen molar-refractivity contribution in [2.75, 3.05) is 26.4 Å². The summed E-state index contributed by atoms with van der Waals surface area (Å²) in [6.45, 7) is 1.42. The maximum absolute atomic E-state index is 12.7. The van der Waals surface area contributed by atoms with Crippen molar-refractivity contribution in [3.05, 3.63) is 35.9 Å². The molecular weight excluding hydrogens is 276 g/mol. The number of benzene rings is 1. The molecule has 0 spiro atoms. The molecule has 110 valence electrons. The predicted octanol–water partition coefficient (Wildman–Crippen LogP) is 1.24. The minimum Gasteiger partial charge on any atom is -0.341 e. The third-order valence-electron chi connectivity index (χ3n) is 3.65. The van der Waals surface area contributed by atoms with Crippen LogP contribution < -0.4 is 0 Å². The fraction of sp³-hybridized carbons (Fsp3) is 0.500. The van der Waals surface area contributed by atoms with E-state index in [0.29, 0.717) is 18.7 Å². The normalized spacial score (nSPS) is 17.4. The van der Waals surface area contributed by atoms with Crippen LogP contribution in [0.3, 0.4) is 0 Å². The van der Waals surface area contributed by atoms with Gasteiger partial charge in [-0.25, -0.2) is 8.42 Å². The van der Waals surface area contributed by atoms with Gasteiger partial charge in [0, 0.05) is 20.1 Å². The third-order valence-corrected chi connectivity index (χ3v) is 4.91. The molecule has 1 fully saturated rings. The molecule has 0 aromatic heterocycles. The lowest BCUT2D eigenvalue weighted by Gasteiger charge is -2.29. The van der Waals surface area contributed by atoms with Crippen molar-refractivity contribution in [3.8, 4) is 0 Å². The van der Waals surface area contributed by atoms with E-state index in [1.54, 1.807) is 17.0 Å². The second-order valence-corrected chi connectivity index (χ2v) is 7.17. The third kappa shape index (κ3) is 3.19. The average Bonchev–Trinajstić information content (AvgIpc) is 2.93. The van der Waals surface area contributed by atoms with Crippen LogP contribution >= 0.6 is 0 Å². The molecule has 0 bridgehead atoms. The lowest BCUT2D eigenvalue weighted by atomic mass is 10.1. The molecule has 1 saturated heterocycles. The van der Waals surface area contributed by atoms with Crippen LogP contribution in [0.25, 0.3) is 0 Å². The van der Waals surface area contributed by atoms with Crippen LogP contribution in [0.2, 0.25) is 0 Å². The lowest BCUT2D eigenvalue weighted by molar-refractivity contribution is -0.134. The summed E-state index contributed by atoms with van der Waals surface area (Å²) in [5.41, 5.74) is 0.706. The summed E-state index contributed by atoms with van der Waals surface area (Å²) in [5, 5.41) is 0. The first-order chi connectivity index (χ1) is 9.41. The number of nitrogens with zero attached hydrogens (tertiary/aromatic N) is 2. The van der Waals surface area contributed by atoms with E-state index in [9.17, 15) is 13.2 Å². The molecule has 2 rings (SSSR count). The van der Waals surface area contributed by atoms with E-state index in [0.717, 1.165) is 23.4 Å². The van der Waals surface area contributed by atoms with Crippen molar-refractivity contribution in [3.63, 3.8) is 0 Å². The van der Waals surface area contributed by atoms with Crippen molar-refractivity contribution in [1.29, 1.82) is 0 Å². The maximum Gasteiger partial charge on any atom is 0.245 e. The summed E-state index contributed by atoms with van der Waals surface area (Å²) in [5.74, 6) is -0.137. The molecule has 1 aromatic rings. The summed E-state index contributed by atoms with van der Waals surface area (Å²) in [7, 11) is -1.98. The molecule has 20 heavy (non-hydrogen) atoms. The topological polar surface area (TPSA) is 57.7 Å². The first-order valence-electron chi connectivity index (χ1n) is 6.68. The van der Waals surface area contributed by atoms with Gasteiger partial charge in [-0.1, -0.05) is 30.3 Å². The van der Waals surface area contributed by atoms with E-state index in [1.807, 2.05) is 18.2 Å². The summed E-state index contributed by atoms with van der Waals surface area (Å²) >= 11 is 0. The molecular formula is C14H20N2O3S. The molecule has 0 aliphatic carbocycles. The molecule has 6 heteroatoms. The van der Waals surface area contributed by atoms with Crippen LogP contribution in [0.1, 0.15) is 24.4 Å². The SMILES string of the molecule is CN([C@H](C(=O)N1CCCC1)c1ccccc1)S(C)(=O)=O. The molecule has 0 radical (unpaired) electrons. The number of amides is 1. The first kappa shape index (κ1) is 15.0. The summed E-state index contributed by atoms with van der Waals surface area (Å²) < 4.78 is 24.8. The van der Waals surface area contributed by atoms with Gasteiger partial charge in [0.05, 0.1) is 6.26 Å². The van der Waals surface area contributed by atoms with E-state index in [-0.39, 0.29) is 5.91 Å². The Kier molecular flexibility index (Phi) is 4.45. The van der Waals surface area contributed by atoms with Gasteiger partial charge in [0.1, 0.15) is 6.04 Å². The number of rotatable bonds is 4. The van der Waals surface area contributed by atoms with Crippen LogP contribution in [-0.2, 0) is 14.8 Å². The van der Waals surface area contributed by atoms with Gasteiger partial charge in [-0.2, -0.15) is 4.31 Å². The van der Waals surface area contributed by atoms with E-state index in [4.69, 9.17) is 0 Å². The number of hydrogen-bond donors (Lipinski definition) is 0. The number of carbonyl (C=O) groups excluding carboxylic acids is 1. The molecule has 1 atom stereocenters. The summed E-state index contributed by atoms with van der Waals surface area (Å²) in [6, 6.07) is 8.29. The molecule has 0 unspecified atom stereocenters. The summed E-state index contributed by atoms with van der Waals surface area (Å²) in [4.78, 5) is 14.4. The molecule has 5 nitrogen and oxygen atoms in total. The van der Waals surface area contributed by atoms with E-state index >= 15 is 0 Å². The van der Waals surface area contributed by atoms with E-state index in [2.05, 4.69) is 0 Å². The van der Waals surface area contributed by atoms with Crippen molar-refractivity contribution in [2.24, 2.45) is 0 Å². The number of likely N-dealkylation sites (N-methyl/N-ethyl adjacent to an activating group) is 1. The lowest BCUT2D eigenvalue weighted by Crippen LogP contribution is -2.42. The zero-order valence-corrected chi connectivity index (χ0v) is 12.6. The number of hydrogen-bond acceptors (Lipinski definition) is 3. The summed E-state index contributed by atoms with van der Waals surface area (Å²) in [6.07, 6.45) is 3.09. The standard InChI is InChI=1S/C14H20N2O3S/c1-15(20(2,18)19)13(12-8-4-3-5-9-12)14(17)16-10-6-7-11-16/h3-5,8-9,13H,6-7,10-11H2,1-2H3/t13-/m0/s1. The Morgan fingerprint density at radius 3 is 2.25 bits per heavy atom. The Hall–Kier alpha value is -1.40. The van der Waals surface area contributed by atoms with Crippen LogP contribution in [-0.4, -0.2) is 49.9 Å². The fourth-order valence-corrected chi connectivity index (χ4v) is 3.04. The molecule has 1 aliphatic rings. The van der Waals surface area contributed by atoms with Crippen LogP contribution in [0.4, 0.5) is 0 Å². The van der Waals surface area contributed by atoms with Crippen LogP contribution in [0.15, 0.2) is 30.3 Å². The van der Waals surface area contributed by atoms with Gasteiger partial charge >= 0.3 is 0 Å². The first-order valence-corrected chi connectivity index (χ1v) is 8.53. The second-order valence-electron chi connectivity index (χ2n) is 5.12. The molecule has 0 saturated carbocycles. The highest BCUT2D eigenvalue weighted by Gasteiger charge is 2.34. The molecule has 1 aromatic carbocycles. The average molecular weight is 296 g/mol. The van der Waals surface area contributed by atoms with Gasteiger partial charge in [0.25, 0.3) is 0 Å². The molecule has 1 amide bonds. The van der Waals surface area contributed by atoms with Gasteiger partial charge in [-0.15, -0.1) is 0 Å². The Bertz CT molecular complexity index is 565. The van der Waals surface area contributed by atoms with Gasteiger partial charge in [-0.3, -0.25) is 4.79 Å². The fourth-order valence-electron chi connectivity index (χ4n) is 2.45. The Balaban J connectivity index is 2.36. The van der Waals surface area contributed by atoms with Crippen LogP contribution in [0, 0.1) is 0 Å². The van der Waals surface area contributed by atoms with Gasteiger partial charge in [-0.05, 0) is 18.4 Å². The van der Waals surface area contributed by atoms with Crippen molar-refractivity contribution in [2.45, 2.75) is 18.9 Å². The minimum absolute atomic E-state index is 0.137. The monoisotopic (exact) mass is 296 g/mol. The van der Waals surface area contributed by atoms with Crippen molar-refractivity contribution < 1.29 is 13.2 Å². The highest BCUT2D eigenvalue weighted by Crippen LogP contribution is 2.25. The van der Waals surface area contributed by atoms with Crippen LogP contribution in [0.5, 0.6) is 0 Å². The number of carbonyl (C=O) groups is 1. The van der Waals surface area contributed by atoms with Gasteiger partial charge in [0.15, 0.2) is 0 Å². The zero-order valence-electron chi connectivity index (χ0n) is 11.8. The Morgan fingerprint density at radius 1 is 1.20 bits per heavy atom. The maximum atomic E-state index is 12.7. The highest BCUT2D eigenvalue weighted by molar-refractivity contribution is 7.88. The predicted molar refractivity (Wildman–Crippen MR) is 77.6 cm³/mol. The smallest absolute Gasteiger partial charge is 0.245 e.